The summed E-state index contributed by atoms with van der Waals surface area (Å²) in [4.78, 5) is 24.1. The third kappa shape index (κ3) is 4.75. The number of ether oxygens (including phenoxy) is 2. The number of nitrogens with one attached hydrogen (secondary N) is 1. The molecule has 2 rings (SSSR count). The fraction of sp³-hybridized carbons (Fsp3) is 0.300. The van der Waals surface area contributed by atoms with Crippen molar-refractivity contribution in [3.63, 3.8) is 0 Å². The molecule has 0 saturated heterocycles. The number of para-hydroxylation sites is 1. The largest absolute Gasteiger partial charge is 0.504 e. The molecule has 0 spiro atoms. The number of benzene rings is 2. The molecule has 0 fully saturated rings. The highest BCUT2D eigenvalue weighted by Crippen LogP contribution is 2.29. The van der Waals surface area contributed by atoms with Crippen LogP contribution < -0.4 is 10.1 Å². The van der Waals surface area contributed by atoms with Gasteiger partial charge in [0.1, 0.15) is 5.56 Å². The molecule has 0 aliphatic carbocycles. The van der Waals surface area contributed by atoms with Gasteiger partial charge in [0.25, 0.3) is 5.91 Å². The Morgan fingerprint density at radius 1 is 1.15 bits per heavy atom. The van der Waals surface area contributed by atoms with Crippen molar-refractivity contribution in [2.75, 3.05) is 13.7 Å². The molecule has 26 heavy (non-hydrogen) atoms. The van der Waals surface area contributed by atoms with Crippen LogP contribution >= 0.6 is 0 Å². The zero-order valence-electron chi connectivity index (χ0n) is 15.1. The Morgan fingerprint density at radius 3 is 2.46 bits per heavy atom. The first-order chi connectivity index (χ1) is 12.5. The van der Waals surface area contributed by atoms with E-state index in [0.717, 1.165) is 12.0 Å². The van der Waals surface area contributed by atoms with Crippen molar-refractivity contribution in [2.24, 2.45) is 0 Å². The zero-order valence-corrected chi connectivity index (χ0v) is 15.1. The minimum Gasteiger partial charge on any atom is -0.504 e. The van der Waals surface area contributed by atoms with Crippen molar-refractivity contribution in [1.29, 1.82) is 0 Å². The van der Waals surface area contributed by atoms with Crippen LogP contribution in [0.5, 0.6) is 11.5 Å². The number of phenolic OH excluding ortho intramolecular Hbond substituents is 1. The van der Waals surface area contributed by atoms with E-state index in [0.29, 0.717) is 0 Å². The Balaban J connectivity index is 1.90. The summed E-state index contributed by atoms with van der Waals surface area (Å²) in [6, 6.07) is 12.2. The molecule has 0 aliphatic rings. The smallest absolute Gasteiger partial charge is 0.342 e. The van der Waals surface area contributed by atoms with Crippen molar-refractivity contribution >= 4 is 11.9 Å². The van der Waals surface area contributed by atoms with Gasteiger partial charge in [0.15, 0.2) is 18.1 Å². The monoisotopic (exact) mass is 357 g/mol. The lowest BCUT2D eigenvalue weighted by molar-refractivity contribution is -0.124. The number of methoxy groups -OCH3 is 1. The summed E-state index contributed by atoms with van der Waals surface area (Å²) in [5.41, 5.74) is 2.13. The van der Waals surface area contributed by atoms with Gasteiger partial charge in [-0.25, -0.2) is 4.79 Å². The first kappa shape index (κ1) is 19.3. The molecule has 0 heterocycles. The summed E-state index contributed by atoms with van der Waals surface area (Å²) in [6.45, 7) is 3.50. The average Bonchev–Trinajstić information content (AvgIpc) is 2.66. The highest BCUT2D eigenvalue weighted by molar-refractivity contribution is 5.94. The van der Waals surface area contributed by atoms with Crippen molar-refractivity contribution < 1.29 is 24.2 Å². The van der Waals surface area contributed by atoms with Crippen LogP contribution in [0.1, 0.15) is 41.4 Å². The molecule has 0 aromatic heterocycles. The number of phenols is 1. The van der Waals surface area contributed by atoms with Crippen LogP contribution in [-0.2, 0) is 16.0 Å². The number of hydrogen-bond donors (Lipinski definition) is 2. The fourth-order valence-electron chi connectivity index (χ4n) is 2.47. The molecule has 0 radical (unpaired) electrons. The van der Waals surface area contributed by atoms with Gasteiger partial charge >= 0.3 is 5.97 Å². The summed E-state index contributed by atoms with van der Waals surface area (Å²) < 4.78 is 9.92. The molecule has 0 bridgehead atoms. The van der Waals surface area contributed by atoms with Gasteiger partial charge in [-0.1, -0.05) is 37.3 Å². The topological polar surface area (TPSA) is 84.9 Å². The van der Waals surface area contributed by atoms with Crippen LogP contribution in [0.4, 0.5) is 0 Å². The molecule has 2 aromatic rings. The zero-order chi connectivity index (χ0) is 19.1. The average molecular weight is 357 g/mol. The lowest BCUT2D eigenvalue weighted by Gasteiger charge is -2.15. The van der Waals surface area contributed by atoms with E-state index in [9.17, 15) is 14.7 Å². The number of rotatable bonds is 7. The van der Waals surface area contributed by atoms with Gasteiger partial charge in [0.05, 0.1) is 13.2 Å². The van der Waals surface area contributed by atoms with E-state index in [4.69, 9.17) is 9.47 Å². The lowest BCUT2D eigenvalue weighted by Crippen LogP contribution is -2.31. The molecule has 6 nitrogen and oxygen atoms in total. The SMILES string of the molecule is CCc1ccc(C(C)NC(=O)COC(=O)c2cccc(OC)c2O)cc1. The van der Waals surface area contributed by atoms with E-state index in [1.807, 2.05) is 31.2 Å². The molecule has 6 heteroatoms. The van der Waals surface area contributed by atoms with E-state index in [-0.39, 0.29) is 23.1 Å². The summed E-state index contributed by atoms with van der Waals surface area (Å²) in [5.74, 6) is -1.37. The van der Waals surface area contributed by atoms with Crippen molar-refractivity contribution in [3.8, 4) is 11.5 Å². The van der Waals surface area contributed by atoms with Gasteiger partial charge in [-0.15, -0.1) is 0 Å². The van der Waals surface area contributed by atoms with Crippen molar-refractivity contribution in [3.05, 3.63) is 59.2 Å². The van der Waals surface area contributed by atoms with Crippen LogP contribution in [-0.4, -0.2) is 30.7 Å². The Morgan fingerprint density at radius 2 is 1.85 bits per heavy atom. The van der Waals surface area contributed by atoms with E-state index < -0.39 is 18.5 Å². The molecule has 1 amide bonds. The van der Waals surface area contributed by atoms with Crippen LogP contribution in [0.15, 0.2) is 42.5 Å². The van der Waals surface area contributed by atoms with E-state index >= 15 is 0 Å². The number of esters is 1. The number of aromatic hydroxyl groups is 1. The highest BCUT2D eigenvalue weighted by Gasteiger charge is 2.18. The molecule has 2 N–H and O–H groups in total. The molecule has 0 aliphatic heterocycles. The second kappa shape index (κ2) is 8.89. The molecule has 138 valence electrons. The molecule has 0 saturated carbocycles. The van der Waals surface area contributed by atoms with Gasteiger partial charge in [-0.3, -0.25) is 4.79 Å². The Labute approximate surface area is 152 Å². The van der Waals surface area contributed by atoms with E-state index in [1.165, 1.54) is 24.8 Å². The normalized spacial score (nSPS) is 11.5. The molecule has 1 unspecified atom stereocenters. The minimum atomic E-state index is -0.795. The Hall–Kier alpha value is -3.02. The fourth-order valence-corrected chi connectivity index (χ4v) is 2.47. The van der Waals surface area contributed by atoms with Gasteiger partial charge in [0.2, 0.25) is 0 Å². The molecular weight excluding hydrogens is 334 g/mol. The lowest BCUT2D eigenvalue weighted by atomic mass is 10.1. The maximum Gasteiger partial charge on any atom is 0.342 e. The Kier molecular flexibility index (Phi) is 6.60. The number of aryl methyl sites for hydroxylation is 1. The molecule has 1 atom stereocenters. The third-order valence-electron chi connectivity index (χ3n) is 4.04. The summed E-state index contributed by atoms with van der Waals surface area (Å²) in [6.07, 6.45) is 0.952. The van der Waals surface area contributed by atoms with Crippen LogP contribution in [0.25, 0.3) is 0 Å². The predicted molar refractivity (Wildman–Crippen MR) is 97.3 cm³/mol. The second-order valence-corrected chi connectivity index (χ2v) is 5.82. The first-order valence-corrected chi connectivity index (χ1v) is 8.37. The van der Waals surface area contributed by atoms with Crippen LogP contribution in [0.3, 0.4) is 0 Å². The quantitative estimate of drug-likeness (QED) is 0.744. The van der Waals surface area contributed by atoms with Crippen LogP contribution in [0, 0.1) is 0 Å². The summed E-state index contributed by atoms with van der Waals surface area (Å²) >= 11 is 0. The summed E-state index contributed by atoms with van der Waals surface area (Å²) in [7, 11) is 1.38. The van der Waals surface area contributed by atoms with Crippen molar-refractivity contribution in [1.82, 2.24) is 5.32 Å². The summed E-state index contributed by atoms with van der Waals surface area (Å²) in [5, 5.41) is 12.7. The number of carbonyl (C=O) groups excluding carboxylic acids is 2. The number of amides is 1. The minimum absolute atomic E-state index is 0.0552. The number of hydrogen-bond acceptors (Lipinski definition) is 5. The maximum atomic E-state index is 12.0. The predicted octanol–water partition coefficient (Wildman–Crippen LogP) is 3.00. The maximum absolute atomic E-state index is 12.0. The van der Waals surface area contributed by atoms with Gasteiger partial charge in [-0.2, -0.15) is 0 Å². The molecule has 2 aromatic carbocycles. The number of carbonyl (C=O) groups is 2. The van der Waals surface area contributed by atoms with Crippen molar-refractivity contribution in [2.45, 2.75) is 26.3 Å². The molecular formula is C20H23NO5. The van der Waals surface area contributed by atoms with Gasteiger partial charge in [-0.05, 0) is 36.6 Å². The highest BCUT2D eigenvalue weighted by atomic mass is 16.5. The van der Waals surface area contributed by atoms with E-state index in [1.54, 1.807) is 6.07 Å². The first-order valence-electron chi connectivity index (χ1n) is 8.37. The van der Waals surface area contributed by atoms with E-state index in [2.05, 4.69) is 12.2 Å². The Bertz CT molecular complexity index is 770. The van der Waals surface area contributed by atoms with Gasteiger partial charge in [0, 0.05) is 0 Å². The standard InChI is InChI=1S/C20H23NO5/c1-4-14-8-10-15(11-9-14)13(2)21-18(22)12-26-20(24)16-6-5-7-17(25-3)19(16)23/h5-11,13,23H,4,12H2,1-3H3,(H,21,22). The van der Waals surface area contributed by atoms with Gasteiger partial charge < -0.3 is 19.9 Å². The second-order valence-electron chi connectivity index (χ2n) is 5.82. The third-order valence-corrected chi connectivity index (χ3v) is 4.04. The van der Waals surface area contributed by atoms with Crippen LogP contribution in [0.2, 0.25) is 0 Å².